The van der Waals surface area contributed by atoms with Crippen LogP contribution in [0.5, 0.6) is 0 Å². The Morgan fingerprint density at radius 3 is 2.40 bits per heavy atom. The third-order valence-electron chi connectivity index (χ3n) is 2.12. The topological polar surface area (TPSA) is 46.3 Å². The molecule has 1 aromatic heterocycles. The minimum Gasteiger partial charge on any atom is -0.361 e. The van der Waals surface area contributed by atoms with Crippen LogP contribution in [0.15, 0.2) is 10.6 Å². The second kappa shape index (κ2) is 5.53. The Bertz CT molecular complexity index is 314. The van der Waals surface area contributed by atoms with Gasteiger partial charge in [0, 0.05) is 19.2 Å². The van der Waals surface area contributed by atoms with Crippen LogP contribution in [0.1, 0.15) is 42.9 Å². The number of nitrogens with zero attached hydrogens (tertiary/aromatic N) is 2. The first-order chi connectivity index (χ1) is 7.19. The van der Waals surface area contributed by atoms with E-state index in [1.165, 1.54) is 0 Å². The van der Waals surface area contributed by atoms with Crippen LogP contribution < -0.4 is 0 Å². The molecule has 0 aromatic carbocycles. The molecule has 0 aliphatic rings. The van der Waals surface area contributed by atoms with Gasteiger partial charge in [0.05, 0.1) is 0 Å². The molecule has 0 spiro atoms. The molecule has 1 heterocycles. The third-order valence-corrected chi connectivity index (χ3v) is 2.12. The highest BCUT2D eigenvalue weighted by molar-refractivity contribution is 5.92. The molecule has 15 heavy (non-hydrogen) atoms. The lowest BCUT2D eigenvalue weighted by Crippen LogP contribution is -2.32. The lowest BCUT2D eigenvalue weighted by Gasteiger charge is -2.19. The number of carbonyl (C=O) groups is 1. The van der Waals surface area contributed by atoms with Crippen LogP contribution in [0.25, 0.3) is 0 Å². The summed E-state index contributed by atoms with van der Waals surface area (Å²) in [5, 5.41) is 3.73. The van der Waals surface area contributed by atoms with E-state index in [-0.39, 0.29) is 5.91 Å². The number of amides is 1. The van der Waals surface area contributed by atoms with E-state index >= 15 is 0 Å². The van der Waals surface area contributed by atoms with Gasteiger partial charge in [-0.25, -0.2) is 0 Å². The molecular formula is C11H18N2O2. The van der Waals surface area contributed by atoms with Crippen molar-refractivity contribution in [3.8, 4) is 0 Å². The number of aryl methyl sites for hydroxylation is 1. The van der Waals surface area contributed by atoms with Gasteiger partial charge in [-0.05, 0) is 19.8 Å². The van der Waals surface area contributed by atoms with Crippen molar-refractivity contribution in [3.05, 3.63) is 17.5 Å². The largest absolute Gasteiger partial charge is 0.361 e. The van der Waals surface area contributed by atoms with Crippen LogP contribution in [0.3, 0.4) is 0 Å². The van der Waals surface area contributed by atoms with E-state index in [9.17, 15) is 4.79 Å². The Morgan fingerprint density at radius 2 is 2.00 bits per heavy atom. The molecule has 0 N–H and O–H groups in total. The van der Waals surface area contributed by atoms with Crippen molar-refractivity contribution in [2.24, 2.45) is 0 Å². The zero-order chi connectivity index (χ0) is 11.3. The molecule has 4 heteroatoms. The van der Waals surface area contributed by atoms with Gasteiger partial charge in [0.25, 0.3) is 5.91 Å². The van der Waals surface area contributed by atoms with Crippen LogP contribution in [-0.4, -0.2) is 29.1 Å². The highest BCUT2D eigenvalue weighted by atomic mass is 16.5. The molecule has 0 saturated carbocycles. The minimum atomic E-state index is -0.0319. The van der Waals surface area contributed by atoms with Gasteiger partial charge in [-0.2, -0.15) is 0 Å². The molecule has 0 aliphatic carbocycles. The standard InChI is InChI=1S/C11H18N2O2/c1-4-6-13(7-5-2)11(14)10-8-9(3)15-12-10/h8H,4-7H2,1-3H3. The van der Waals surface area contributed by atoms with Gasteiger partial charge in [0.15, 0.2) is 5.69 Å². The molecule has 0 radical (unpaired) electrons. The summed E-state index contributed by atoms with van der Waals surface area (Å²) >= 11 is 0. The van der Waals surface area contributed by atoms with Crippen molar-refractivity contribution in [2.75, 3.05) is 13.1 Å². The van der Waals surface area contributed by atoms with E-state index in [2.05, 4.69) is 19.0 Å². The Hall–Kier alpha value is -1.32. The van der Waals surface area contributed by atoms with Gasteiger partial charge in [0.2, 0.25) is 0 Å². The van der Waals surface area contributed by atoms with Gasteiger partial charge in [-0.1, -0.05) is 19.0 Å². The van der Waals surface area contributed by atoms with E-state index in [0.29, 0.717) is 11.5 Å². The van der Waals surface area contributed by atoms with Crippen molar-refractivity contribution in [1.82, 2.24) is 10.1 Å². The average Bonchev–Trinajstić information content (AvgIpc) is 2.63. The highest BCUT2D eigenvalue weighted by Gasteiger charge is 2.17. The maximum Gasteiger partial charge on any atom is 0.276 e. The van der Waals surface area contributed by atoms with E-state index in [1.807, 2.05) is 4.90 Å². The summed E-state index contributed by atoms with van der Waals surface area (Å²) in [4.78, 5) is 13.8. The first kappa shape index (κ1) is 11.8. The summed E-state index contributed by atoms with van der Waals surface area (Å²) in [6.07, 6.45) is 1.92. The number of hydrogen-bond acceptors (Lipinski definition) is 3. The molecule has 0 fully saturated rings. The van der Waals surface area contributed by atoms with E-state index in [0.717, 1.165) is 25.9 Å². The minimum absolute atomic E-state index is 0.0319. The van der Waals surface area contributed by atoms with Gasteiger partial charge in [0.1, 0.15) is 5.76 Å². The van der Waals surface area contributed by atoms with Gasteiger partial charge >= 0.3 is 0 Å². The fourth-order valence-electron chi connectivity index (χ4n) is 1.48. The number of rotatable bonds is 5. The van der Waals surface area contributed by atoms with Gasteiger partial charge < -0.3 is 9.42 Å². The fraction of sp³-hybridized carbons (Fsp3) is 0.636. The summed E-state index contributed by atoms with van der Waals surface area (Å²) in [6.45, 7) is 7.46. The van der Waals surface area contributed by atoms with Crippen LogP contribution >= 0.6 is 0 Å². The van der Waals surface area contributed by atoms with Gasteiger partial charge in [-0.15, -0.1) is 0 Å². The Morgan fingerprint density at radius 1 is 1.40 bits per heavy atom. The van der Waals surface area contributed by atoms with E-state index in [4.69, 9.17) is 4.52 Å². The molecule has 0 atom stereocenters. The number of carbonyl (C=O) groups excluding carboxylic acids is 1. The number of aromatic nitrogens is 1. The van der Waals surface area contributed by atoms with Crippen molar-refractivity contribution in [1.29, 1.82) is 0 Å². The fourth-order valence-corrected chi connectivity index (χ4v) is 1.48. The lowest BCUT2D eigenvalue weighted by molar-refractivity contribution is 0.0745. The Balaban J connectivity index is 2.71. The maximum atomic E-state index is 11.9. The molecule has 0 saturated heterocycles. The first-order valence-corrected chi connectivity index (χ1v) is 5.41. The quantitative estimate of drug-likeness (QED) is 0.748. The second-order valence-electron chi connectivity index (χ2n) is 3.62. The molecule has 1 amide bonds. The predicted octanol–water partition coefficient (Wildman–Crippen LogP) is 2.25. The molecule has 0 bridgehead atoms. The van der Waals surface area contributed by atoms with Crippen molar-refractivity contribution in [3.63, 3.8) is 0 Å². The van der Waals surface area contributed by atoms with Crippen molar-refractivity contribution in [2.45, 2.75) is 33.6 Å². The lowest BCUT2D eigenvalue weighted by atomic mass is 10.3. The van der Waals surface area contributed by atoms with Crippen molar-refractivity contribution >= 4 is 5.91 Å². The maximum absolute atomic E-state index is 11.9. The van der Waals surface area contributed by atoms with E-state index in [1.54, 1.807) is 13.0 Å². The summed E-state index contributed by atoms with van der Waals surface area (Å²) in [7, 11) is 0. The Kier molecular flexibility index (Phi) is 4.34. The van der Waals surface area contributed by atoms with Gasteiger partial charge in [-0.3, -0.25) is 4.79 Å². The van der Waals surface area contributed by atoms with Crippen LogP contribution in [-0.2, 0) is 0 Å². The van der Waals surface area contributed by atoms with Crippen molar-refractivity contribution < 1.29 is 9.32 Å². The normalized spacial score (nSPS) is 10.3. The van der Waals surface area contributed by atoms with Crippen LogP contribution in [0, 0.1) is 6.92 Å². The summed E-state index contributed by atoms with van der Waals surface area (Å²) in [5.74, 6) is 0.641. The summed E-state index contributed by atoms with van der Waals surface area (Å²) in [6, 6.07) is 1.68. The third kappa shape index (κ3) is 3.08. The Labute approximate surface area is 90.2 Å². The SMILES string of the molecule is CCCN(CCC)C(=O)c1cc(C)on1. The molecule has 84 valence electrons. The average molecular weight is 210 g/mol. The molecule has 4 nitrogen and oxygen atoms in total. The van der Waals surface area contributed by atoms with Crippen LogP contribution in [0.2, 0.25) is 0 Å². The molecule has 1 aromatic rings. The smallest absolute Gasteiger partial charge is 0.276 e. The second-order valence-corrected chi connectivity index (χ2v) is 3.62. The molecule has 1 rings (SSSR count). The molecule has 0 unspecified atom stereocenters. The zero-order valence-electron chi connectivity index (χ0n) is 9.62. The van der Waals surface area contributed by atoms with Crippen LogP contribution in [0.4, 0.5) is 0 Å². The number of hydrogen-bond donors (Lipinski definition) is 0. The zero-order valence-corrected chi connectivity index (χ0v) is 9.62. The first-order valence-electron chi connectivity index (χ1n) is 5.41. The molecule has 0 aliphatic heterocycles. The predicted molar refractivity (Wildman–Crippen MR) is 57.7 cm³/mol. The van der Waals surface area contributed by atoms with E-state index < -0.39 is 0 Å². The molecular weight excluding hydrogens is 192 g/mol. The monoisotopic (exact) mass is 210 g/mol. The summed E-state index contributed by atoms with van der Waals surface area (Å²) in [5.41, 5.74) is 0.411. The highest BCUT2D eigenvalue weighted by Crippen LogP contribution is 2.07. The summed E-state index contributed by atoms with van der Waals surface area (Å²) < 4.78 is 4.89.